The highest BCUT2D eigenvalue weighted by molar-refractivity contribution is 9.10. The minimum Gasteiger partial charge on any atom is -0.347 e. The van der Waals surface area contributed by atoms with Crippen molar-refractivity contribution in [1.29, 1.82) is 0 Å². The minimum absolute atomic E-state index is 0.0256. The quantitative estimate of drug-likeness (QED) is 0.772. The van der Waals surface area contributed by atoms with Gasteiger partial charge in [-0.05, 0) is 31.2 Å². The fourth-order valence-corrected chi connectivity index (χ4v) is 5.11. The van der Waals surface area contributed by atoms with Gasteiger partial charge in [0.2, 0.25) is 0 Å². The van der Waals surface area contributed by atoms with E-state index in [0.29, 0.717) is 18.1 Å². The lowest BCUT2D eigenvalue weighted by Crippen LogP contribution is -2.49. The molecule has 1 atom stereocenters. The van der Waals surface area contributed by atoms with E-state index in [9.17, 15) is 8.42 Å². The van der Waals surface area contributed by atoms with Crippen LogP contribution in [0, 0.1) is 0 Å². The van der Waals surface area contributed by atoms with Crippen molar-refractivity contribution in [3.05, 3.63) is 28.7 Å². The first-order valence-electron chi connectivity index (χ1n) is 7.91. The van der Waals surface area contributed by atoms with Crippen LogP contribution in [0.5, 0.6) is 0 Å². The van der Waals surface area contributed by atoms with E-state index in [1.807, 2.05) is 6.92 Å². The van der Waals surface area contributed by atoms with E-state index in [-0.39, 0.29) is 11.8 Å². The summed E-state index contributed by atoms with van der Waals surface area (Å²) in [5.74, 6) is -0.288. The summed E-state index contributed by atoms with van der Waals surface area (Å²) in [6.07, 6.45) is 1.60. The Kier molecular flexibility index (Phi) is 5.13. The van der Waals surface area contributed by atoms with Crippen molar-refractivity contribution >= 4 is 25.8 Å². The van der Waals surface area contributed by atoms with Crippen molar-refractivity contribution < 1.29 is 17.9 Å². The van der Waals surface area contributed by atoms with E-state index < -0.39 is 15.6 Å². The van der Waals surface area contributed by atoms with Crippen LogP contribution in [-0.4, -0.2) is 57.2 Å². The molecule has 0 aromatic heterocycles. The maximum Gasteiger partial charge on any atom is 0.179 e. The molecule has 0 aliphatic carbocycles. The summed E-state index contributed by atoms with van der Waals surface area (Å²) >= 11 is 3.33. The zero-order valence-corrected chi connectivity index (χ0v) is 15.6. The number of benzene rings is 1. The largest absolute Gasteiger partial charge is 0.347 e. The van der Waals surface area contributed by atoms with E-state index in [4.69, 9.17) is 9.47 Å². The second kappa shape index (κ2) is 6.80. The van der Waals surface area contributed by atoms with Crippen molar-refractivity contribution in [2.75, 3.05) is 32.1 Å². The number of hydrogen-bond acceptors (Lipinski definition) is 5. The summed E-state index contributed by atoms with van der Waals surface area (Å²) in [6, 6.07) is 6.80. The van der Waals surface area contributed by atoms with Crippen LogP contribution in [0.1, 0.15) is 19.8 Å². The monoisotopic (exact) mass is 403 g/mol. The summed E-state index contributed by atoms with van der Waals surface area (Å²) in [6.45, 7) is 4.90. The Balaban J connectivity index is 1.60. The average Bonchev–Trinajstić information content (AvgIpc) is 2.96. The summed E-state index contributed by atoms with van der Waals surface area (Å²) in [4.78, 5) is 2.59. The van der Waals surface area contributed by atoms with E-state index in [0.717, 1.165) is 30.4 Å². The van der Waals surface area contributed by atoms with Crippen LogP contribution in [0.15, 0.2) is 33.6 Å². The maximum absolute atomic E-state index is 12.6. The molecule has 128 valence electrons. The van der Waals surface area contributed by atoms with Crippen molar-refractivity contribution in [3.63, 3.8) is 0 Å². The van der Waals surface area contributed by atoms with Crippen LogP contribution >= 0.6 is 15.9 Å². The first kappa shape index (κ1) is 17.4. The van der Waals surface area contributed by atoms with Gasteiger partial charge in [0, 0.05) is 36.4 Å². The third kappa shape index (κ3) is 3.96. The van der Waals surface area contributed by atoms with Crippen molar-refractivity contribution in [2.45, 2.75) is 36.5 Å². The van der Waals surface area contributed by atoms with Crippen LogP contribution in [0.3, 0.4) is 0 Å². The van der Waals surface area contributed by atoms with Gasteiger partial charge in [-0.25, -0.2) is 8.42 Å². The van der Waals surface area contributed by atoms with Gasteiger partial charge in [-0.15, -0.1) is 0 Å². The van der Waals surface area contributed by atoms with Gasteiger partial charge in [0.1, 0.15) is 0 Å². The van der Waals surface area contributed by atoms with Crippen LogP contribution in [-0.2, 0) is 19.3 Å². The van der Waals surface area contributed by atoms with Gasteiger partial charge in [0.25, 0.3) is 0 Å². The normalized spacial score (nSPS) is 23.2. The number of piperidine rings is 1. The zero-order chi connectivity index (χ0) is 16.5. The Morgan fingerprint density at radius 2 is 1.74 bits per heavy atom. The summed E-state index contributed by atoms with van der Waals surface area (Å²) in [7, 11) is -3.28. The van der Waals surface area contributed by atoms with Crippen molar-refractivity contribution in [3.8, 4) is 0 Å². The molecule has 0 amide bonds. The molecule has 2 fully saturated rings. The molecular weight excluding hydrogens is 382 g/mol. The lowest BCUT2D eigenvalue weighted by Gasteiger charge is -2.40. The number of sulfone groups is 1. The molecule has 0 bridgehead atoms. The second-order valence-corrected chi connectivity index (χ2v) is 9.18. The number of ether oxygens (including phenoxy) is 2. The molecule has 3 rings (SSSR count). The predicted molar refractivity (Wildman–Crippen MR) is 91.1 cm³/mol. The van der Waals surface area contributed by atoms with E-state index >= 15 is 0 Å². The van der Waals surface area contributed by atoms with E-state index in [2.05, 4.69) is 20.8 Å². The molecule has 0 radical (unpaired) electrons. The highest BCUT2D eigenvalue weighted by atomic mass is 79.9. The molecule has 2 aliphatic rings. The number of rotatable bonds is 4. The van der Waals surface area contributed by atoms with Gasteiger partial charge >= 0.3 is 0 Å². The fourth-order valence-electron chi connectivity index (χ4n) is 3.25. The zero-order valence-electron chi connectivity index (χ0n) is 13.2. The highest BCUT2D eigenvalue weighted by Crippen LogP contribution is 2.32. The highest BCUT2D eigenvalue weighted by Gasteiger charge is 2.40. The van der Waals surface area contributed by atoms with Crippen LogP contribution < -0.4 is 0 Å². The van der Waals surface area contributed by atoms with Gasteiger partial charge < -0.3 is 9.47 Å². The van der Waals surface area contributed by atoms with Crippen LogP contribution in [0.4, 0.5) is 0 Å². The standard InChI is InChI=1S/C16H22BrNO4S/c1-13(12-23(19,20)15-4-2-14(17)3-5-15)18-8-6-16(7-9-18)21-10-11-22-16/h2-5,13H,6-12H2,1H3. The SMILES string of the molecule is CC(CS(=O)(=O)c1ccc(Br)cc1)N1CCC2(CC1)OCCO2. The molecule has 5 nitrogen and oxygen atoms in total. The fraction of sp³-hybridized carbons (Fsp3) is 0.625. The first-order chi connectivity index (χ1) is 10.9. The number of likely N-dealkylation sites (tertiary alicyclic amines) is 1. The Labute approximate surface area is 146 Å². The van der Waals surface area contributed by atoms with Gasteiger partial charge in [-0.2, -0.15) is 0 Å². The summed E-state index contributed by atoms with van der Waals surface area (Å²) in [5.41, 5.74) is 0. The van der Waals surface area contributed by atoms with Crippen molar-refractivity contribution in [1.82, 2.24) is 4.90 Å². The predicted octanol–water partition coefficient (Wildman–Crippen LogP) is 2.45. The number of nitrogens with zero attached hydrogens (tertiary/aromatic N) is 1. The molecule has 2 aliphatic heterocycles. The number of halogens is 1. The van der Waals surface area contributed by atoms with Gasteiger partial charge in [0.05, 0.1) is 23.9 Å². The molecular formula is C16H22BrNO4S. The Hall–Kier alpha value is -0.470. The summed E-state index contributed by atoms with van der Waals surface area (Å²) in [5, 5.41) is 0. The molecule has 0 saturated carbocycles. The Bertz CT molecular complexity index is 631. The molecule has 1 unspecified atom stereocenters. The van der Waals surface area contributed by atoms with Gasteiger partial charge in [-0.3, -0.25) is 4.90 Å². The lowest BCUT2D eigenvalue weighted by atomic mass is 10.0. The second-order valence-electron chi connectivity index (χ2n) is 6.23. The number of hydrogen-bond donors (Lipinski definition) is 0. The van der Waals surface area contributed by atoms with Crippen LogP contribution in [0.25, 0.3) is 0 Å². The Morgan fingerprint density at radius 1 is 1.17 bits per heavy atom. The Morgan fingerprint density at radius 3 is 2.30 bits per heavy atom. The third-order valence-corrected chi connectivity index (χ3v) is 7.07. The summed E-state index contributed by atoms with van der Waals surface area (Å²) < 4.78 is 37.4. The molecule has 1 aromatic carbocycles. The molecule has 7 heteroatoms. The van der Waals surface area contributed by atoms with E-state index in [1.165, 1.54) is 0 Å². The van der Waals surface area contributed by atoms with Crippen LogP contribution in [0.2, 0.25) is 0 Å². The first-order valence-corrected chi connectivity index (χ1v) is 10.4. The topological polar surface area (TPSA) is 55.8 Å². The molecule has 2 saturated heterocycles. The third-order valence-electron chi connectivity index (χ3n) is 4.63. The molecule has 23 heavy (non-hydrogen) atoms. The molecule has 2 heterocycles. The lowest BCUT2D eigenvalue weighted by molar-refractivity contribution is -0.187. The van der Waals surface area contributed by atoms with E-state index in [1.54, 1.807) is 24.3 Å². The van der Waals surface area contributed by atoms with Gasteiger partial charge in [0.15, 0.2) is 15.6 Å². The van der Waals surface area contributed by atoms with Gasteiger partial charge in [-0.1, -0.05) is 15.9 Å². The average molecular weight is 404 g/mol. The van der Waals surface area contributed by atoms with Crippen molar-refractivity contribution in [2.24, 2.45) is 0 Å². The smallest absolute Gasteiger partial charge is 0.179 e. The molecule has 1 spiro atoms. The molecule has 0 N–H and O–H groups in total. The minimum atomic E-state index is -3.28. The molecule has 1 aromatic rings. The maximum atomic E-state index is 12.6.